The van der Waals surface area contributed by atoms with Crippen molar-refractivity contribution in [3.8, 4) is 0 Å². The molecule has 4 nitrogen and oxygen atoms in total. The van der Waals surface area contributed by atoms with Gasteiger partial charge in [0.25, 0.3) is 0 Å². The average Bonchev–Trinajstić information content (AvgIpc) is 3.26. The number of amides is 1. The summed E-state index contributed by atoms with van der Waals surface area (Å²) in [4.78, 5) is 17.9. The second-order valence-electron chi connectivity index (χ2n) is 7.44. The monoisotopic (exact) mass is 361 g/mol. The minimum Gasteiger partial charge on any atom is -0.361 e. The van der Waals surface area contributed by atoms with Crippen LogP contribution in [-0.2, 0) is 11.3 Å². The van der Waals surface area contributed by atoms with E-state index in [0.717, 1.165) is 32.5 Å². The molecule has 0 saturated carbocycles. The number of hydrogen-bond donors (Lipinski definition) is 1. The fourth-order valence-corrected chi connectivity index (χ4v) is 4.08. The maximum atomic E-state index is 12.6. The van der Waals surface area contributed by atoms with Crippen molar-refractivity contribution in [2.75, 3.05) is 13.1 Å². The first-order valence-corrected chi connectivity index (χ1v) is 9.79. The molecule has 3 aromatic rings. The highest BCUT2D eigenvalue weighted by molar-refractivity contribution is 5.93. The van der Waals surface area contributed by atoms with Crippen LogP contribution in [0.15, 0.2) is 48.7 Å². The number of para-hydroxylation sites is 1. The Morgan fingerprint density at radius 1 is 1.11 bits per heavy atom. The smallest absolute Gasteiger partial charge is 0.222 e. The lowest BCUT2D eigenvalue weighted by molar-refractivity contribution is -0.130. The lowest BCUT2D eigenvalue weighted by atomic mass is 9.98. The second kappa shape index (κ2) is 7.47. The van der Waals surface area contributed by atoms with Gasteiger partial charge in [-0.3, -0.25) is 4.79 Å². The number of benzene rings is 1. The number of nitrogens with zero attached hydrogens (tertiary/aromatic N) is 2. The molecule has 1 aliphatic heterocycles. The van der Waals surface area contributed by atoms with Crippen LogP contribution in [-0.4, -0.2) is 33.4 Å². The van der Waals surface area contributed by atoms with Gasteiger partial charge < -0.3 is 14.5 Å². The van der Waals surface area contributed by atoms with Gasteiger partial charge in [-0.1, -0.05) is 24.3 Å². The Morgan fingerprint density at radius 2 is 1.89 bits per heavy atom. The van der Waals surface area contributed by atoms with Crippen LogP contribution in [0.5, 0.6) is 0 Å². The minimum absolute atomic E-state index is 0.270. The highest BCUT2D eigenvalue weighted by Crippen LogP contribution is 2.29. The molecular formula is C23H27N3O. The van der Waals surface area contributed by atoms with Gasteiger partial charge in [0.05, 0.1) is 0 Å². The summed E-state index contributed by atoms with van der Waals surface area (Å²) < 4.78 is 2.29. The van der Waals surface area contributed by atoms with Crippen molar-refractivity contribution in [2.24, 2.45) is 0 Å². The average molecular weight is 361 g/mol. The quantitative estimate of drug-likeness (QED) is 0.704. The van der Waals surface area contributed by atoms with Crippen molar-refractivity contribution in [1.29, 1.82) is 0 Å². The van der Waals surface area contributed by atoms with Crippen molar-refractivity contribution in [3.63, 3.8) is 0 Å². The van der Waals surface area contributed by atoms with Crippen molar-refractivity contribution in [3.05, 3.63) is 65.6 Å². The van der Waals surface area contributed by atoms with Crippen LogP contribution in [0, 0.1) is 13.8 Å². The zero-order valence-corrected chi connectivity index (χ0v) is 16.2. The normalized spacial score (nSPS) is 14.6. The number of rotatable bonds is 5. The van der Waals surface area contributed by atoms with E-state index in [-0.39, 0.29) is 5.91 Å². The van der Waals surface area contributed by atoms with Gasteiger partial charge in [-0.05, 0) is 50.5 Å². The van der Waals surface area contributed by atoms with E-state index in [4.69, 9.17) is 0 Å². The van der Waals surface area contributed by atoms with Crippen LogP contribution in [0.2, 0.25) is 0 Å². The van der Waals surface area contributed by atoms with E-state index in [1.165, 1.54) is 33.4 Å². The molecule has 0 atom stereocenters. The third-order valence-corrected chi connectivity index (χ3v) is 5.69. The van der Waals surface area contributed by atoms with Crippen molar-refractivity contribution in [1.82, 2.24) is 14.5 Å². The molecule has 0 unspecified atom stereocenters. The summed E-state index contributed by atoms with van der Waals surface area (Å²) in [5.41, 5.74) is 6.32. The first-order chi connectivity index (χ1) is 13.1. The van der Waals surface area contributed by atoms with Crippen LogP contribution in [0.4, 0.5) is 0 Å². The standard InChI is InChI=1S/C23H27N3O/c1-17-9-10-18(2)26(17)13-5-8-23(27)25-14-11-19(12-15-25)21-16-24-22-7-4-3-6-20(21)22/h3-4,6-7,9-11,16,24H,5,8,12-15H2,1-2H3. The van der Waals surface area contributed by atoms with Crippen LogP contribution >= 0.6 is 0 Å². The van der Waals surface area contributed by atoms with E-state index in [1.807, 2.05) is 4.90 Å². The maximum Gasteiger partial charge on any atom is 0.222 e. The van der Waals surface area contributed by atoms with Gasteiger partial charge in [-0.25, -0.2) is 0 Å². The van der Waals surface area contributed by atoms with Gasteiger partial charge in [0.15, 0.2) is 0 Å². The minimum atomic E-state index is 0.270. The molecule has 0 spiro atoms. The lowest BCUT2D eigenvalue weighted by Gasteiger charge is -2.26. The summed E-state index contributed by atoms with van der Waals surface area (Å²) in [6.45, 7) is 6.69. The molecule has 0 fully saturated rings. The van der Waals surface area contributed by atoms with E-state index in [2.05, 4.69) is 72.1 Å². The van der Waals surface area contributed by atoms with Crippen LogP contribution in [0.1, 0.15) is 36.2 Å². The van der Waals surface area contributed by atoms with Crippen molar-refractivity contribution >= 4 is 22.4 Å². The van der Waals surface area contributed by atoms with Crippen LogP contribution in [0.25, 0.3) is 16.5 Å². The van der Waals surface area contributed by atoms with Gasteiger partial charge in [-0.15, -0.1) is 0 Å². The predicted molar refractivity (Wildman–Crippen MR) is 111 cm³/mol. The molecule has 0 radical (unpaired) electrons. The fourth-order valence-electron chi connectivity index (χ4n) is 4.08. The summed E-state index contributed by atoms with van der Waals surface area (Å²) >= 11 is 0. The van der Waals surface area contributed by atoms with E-state index in [0.29, 0.717) is 6.42 Å². The summed E-state index contributed by atoms with van der Waals surface area (Å²) in [6, 6.07) is 12.7. The first-order valence-electron chi connectivity index (χ1n) is 9.79. The highest BCUT2D eigenvalue weighted by atomic mass is 16.2. The number of carbonyl (C=O) groups is 1. The number of H-pyrrole nitrogens is 1. The Labute approximate surface area is 160 Å². The molecule has 4 heteroatoms. The van der Waals surface area contributed by atoms with Crippen molar-refractivity contribution in [2.45, 2.75) is 39.7 Å². The number of aromatic nitrogens is 2. The second-order valence-corrected chi connectivity index (χ2v) is 7.44. The third-order valence-electron chi connectivity index (χ3n) is 5.69. The number of hydrogen-bond acceptors (Lipinski definition) is 1. The van der Waals surface area contributed by atoms with Crippen LogP contribution in [0.3, 0.4) is 0 Å². The molecule has 0 bridgehead atoms. The molecule has 4 rings (SSSR count). The largest absolute Gasteiger partial charge is 0.361 e. The number of nitrogens with one attached hydrogen (secondary N) is 1. The van der Waals surface area contributed by atoms with E-state index < -0.39 is 0 Å². The zero-order valence-electron chi connectivity index (χ0n) is 16.2. The molecule has 3 heterocycles. The van der Waals surface area contributed by atoms with Crippen molar-refractivity contribution < 1.29 is 4.79 Å². The Balaban J connectivity index is 1.35. The molecule has 140 valence electrons. The Kier molecular flexibility index (Phi) is 4.88. The summed E-state index contributed by atoms with van der Waals surface area (Å²) in [6.07, 6.45) is 6.74. The fraction of sp³-hybridized carbons (Fsp3) is 0.348. The predicted octanol–water partition coefficient (Wildman–Crippen LogP) is 4.68. The SMILES string of the molecule is Cc1ccc(C)n1CCCC(=O)N1CC=C(c2c[nH]c3ccccc23)CC1. The van der Waals surface area contributed by atoms with Gasteiger partial charge in [-0.2, -0.15) is 0 Å². The maximum absolute atomic E-state index is 12.6. The Hall–Kier alpha value is -2.75. The molecule has 1 aliphatic rings. The summed E-state index contributed by atoms with van der Waals surface area (Å²) in [5.74, 6) is 0.270. The molecule has 1 N–H and O–H groups in total. The number of aryl methyl sites for hydroxylation is 2. The van der Waals surface area contributed by atoms with Crippen LogP contribution < -0.4 is 0 Å². The molecule has 0 aliphatic carbocycles. The highest BCUT2D eigenvalue weighted by Gasteiger charge is 2.19. The lowest BCUT2D eigenvalue weighted by Crippen LogP contribution is -2.34. The third kappa shape index (κ3) is 3.57. The first kappa shape index (κ1) is 17.7. The molecule has 1 amide bonds. The van der Waals surface area contributed by atoms with E-state index >= 15 is 0 Å². The van der Waals surface area contributed by atoms with Gasteiger partial charge in [0.1, 0.15) is 0 Å². The zero-order chi connectivity index (χ0) is 18.8. The van der Waals surface area contributed by atoms with E-state index in [9.17, 15) is 4.79 Å². The van der Waals surface area contributed by atoms with Gasteiger partial charge in [0.2, 0.25) is 5.91 Å². The number of carbonyl (C=O) groups excluding carboxylic acids is 1. The van der Waals surface area contributed by atoms with E-state index in [1.54, 1.807) is 0 Å². The summed E-state index contributed by atoms with van der Waals surface area (Å²) in [5, 5.41) is 1.26. The molecule has 2 aromatic heterocycles. The number of fused-ring (bicyclic) bond motifs is 1. The molecule has 1 aromatic carbocycles. The Morgan fingerprint density at radius 3 is 2.63 bits per heavy atom. The summed E-state index contributed by atoms with van der Waals surface area (Å²) in [7, 11) is 0. The van der Waals surface area contributed by atoms with Gasteiger partial charge >= 0.3 is 0 Å². The molecular weight excluding hydrogens is 334 g/mol. The topological polar surface area (TPSA) is 41.0 Å². The van der Waals surface area contributed by atoms with Gasteiger partial charge in [0, 0.05) is 60.1 Å². The molecule has 0 saturated heterocycles. The number of aromatic amines is 1. The Bertz CT molecular complexity index is 973. The molecule has 27 heavy (non-hydrogen) atoms.